The van der Waals surface area contributed by atoms with Crippen LogP contribution in [0.25, 0.3) is 0 Å². The molecule has 1 aromatic carbocycles. The zero-order valence-corrected chi connectivity index (χ0v) is 10.8. The molecule has 0 amide bonds. The summed E-state index contributed by atoms with van der Waals surface area (Å²) in [5.41, 5.74) is 0.361. The summed E-state index contributed by atoms with van der Waals surface area (Å²) in [5.74, 6) is -0.459. The molecule has 1 atom stereocenters. The van der Waals surface area contributed by atoms with E-state index in [4.69, 9.17) is 0 Å². The Kier molecular flexibility index (Phi) is 3.85. The Hall–Kier alpha value is -1.88. The first kappa shape index (κ1) is 13.5. The first-order chi connectivity index (χ1) is 8.97. The molecule has 1 aliphatic heterocycles. The lowest BCUT2D eigenvalue weighted by Crippen LogP contribution is -2.42. The highest BCUT2D eigenvalue weighted by molar-refractivity contribution is 5.98. The second-order valence-corrected chi connectivity index (χ2v) is 4.98. The van der Waals surface area contributed by atoms with Gasteiger partial charge in [-0.2, -0.15) is 0 Å². The number of phenols is 2. The molecule has 0 bridgehead atoms. The average molecular weight is 263 g/mol. The number of benzene rings is 1. The zero-order valence-electron chi connectivity index (χ0n) is 10.8. The second-order valence-electron chi connectivity index (χ2n) is 4.98. The summed E-state index contributed by atoms with van der Waals surface area (Å²) in [6.45, 7) is 3.28. The van der Waals surface area contributed by atoms with Gasteiger partial charge in [0.15, 0.2) is 17.3 Å². The van der Waals surface area contributed by atoms with Gasteiger partial charge in [0.1, 0.15) is 5.78 Å². The summed E-state index contributed by atoms with van der Waals surface area (Å²) in [6, 6.07) is 4.04. The number of piperidine rings is 1. The molecule has 1 unspecified atom stereocenters. The highest BCUT2D eigenvalue weighted by atomic mass is 16.3. The average Bonchev–Trinajstić information content (AvgIpc) is 2.37. The van der Waals surface area contributed by atoms with Crippen LogP contribution < -0.4 is 0 Å². The van der Waals surface area contributed by atoms with Gasteiger partial charge in [-0.05, 0) is 18.2 Å². The minimum absolute atomic E-state index is 0.0326. The third-order valence-corrected chi connectivity index (χ3v) is 3.42. The van der Waals surface area contributed by atoms with E-state index in [0.717, 1.165) is 0 Å². The van der Waals surface area contributed by atoms with E-state index < -0.39 is 0 Å². The quantitative estimate of drug-likeness (QED) is 0.632. The monoisotopic (exact) mass is 263 g/mol. The van der Waals surface area contributed by atoms with E-state index in [2.05, 4.69) is 0 Å². The fourth-order valence-corrected chi connectivity index (χ4v) is 2.23. The number of rotatable bonds is 3. The smallest absolute Gasteiger partial charge is 0.176 e. The van der Waals surface area contributed by atoms with Gasteiger partial charge in [0.25, 0.3) is 0 Å². The van der Waals surface area contributed by atoms with Crippen molar-refractivity contribution in [2.24, 2.45) is 5.92 Å². The first-order valence-electron chi connectivity index (χ1n) is 6.27. The highest BCUT2D eigenvalue weighted by Gasteiger charge is 2.25. The number of carbonyl (C=O) groups is 2. The Bertz CT molecular complexity index is 512. The third kappa shape index (κ3) is 3.12. The van der Waals surface area contributed by atoms with Crippen LogP contribution in [0.2, 0.25) is 0 Å². The fourth-order valence-electron chi connectivity index (χ4n) is 2.23. The SMILES string of the molecule is CC1CN(CC(=O)c2ccc(O)c(O)c2)CCC1=O. The topological polar surface area (TPSA) is 77.8 Å². The van der Waals surface area contributed by atoms with Crippen molar-refractivity contribution in [3.63, 3.8) is 0 Å². The second kappa shape index (κ2) is 5.40. The number of likely N-dealkylation sites (tertiary alicyclic amines) is 1. The van der Waals surface area contributed by atoms with Crippen molar-refractivity contribution in [1.29, 1.82) is 0 Å². The maximum Gasteiger partial charge on any atom is 0.176 e. The molecule has 5 nitrogen and oxygen atoms in total. The van der Waals surface area contributed by atoms with Crippen molar-refractivity contribution < 1.29 is 19.8 Å². The van der Waals surface area contributed by atoms with Gasteiger partial charge in [0, 0.05) is 31.0 Å². The molecule has 2 rings (SSSR count). The van der Waals surface area contributed by atoms with E-state index in [0.29, 0.717) is 25.1 Å². The molecule has 0 radical (unpaired) electrons. The number of nitrogens with zero attached hydrogens (tertiary/aromatic N) is 1. The Morgan fingerprint density at radius 2 is 2.11 bits per heavy atom. The molecule has 1 aliphatic rings. The number of hydrogen-bond acceptors (Lipinski definition) is 5. The maximum atomic E-state index is 12.0. The summed E-state index contributed by atoms with van der Waals surface area (Å²) < 4.78 is 0. The molecule has 0 saturated carbocycles. The van der Waals surface area contributed by atoms with Gasteiger partial charge in [-0.15, -0.1) is 0 Å². The molecule has 102 valence electrons. The van der Waals surface area contributed by atoms with Crippen molar-refractivity contribution in [3.05, 3.63) is 23.8 Å². The fraction of sp³-hybridized carbons (Fsp3) is 0.429. The Morgan fingerprint density at radius 3 is 2.74 bits per heavy atom. The highest BCUT2D eigenvalue weighted by Crippen LogP contribution is 2.25. The minimum atomic E-state index is -0.298. The maximum absolute atomic E-state index is 12.0. The van der Waals surface area contributed by atoms with Crippen LogP contribution in [0.1, 0.15) is 23.7 Å². The number of carbonyl (C=O) groups excluding carboxylic acids is 2. The summed E-state index contributed by atoms with van der Waals surface area (Å²) in [7, 11) is 0. The van der Waals surface area contributed by atoms with Crippen LogP contribution in [-0.4, -0.2) is 46.3 Å². The van der Waals surface area contributed by atoms with Crippen molar-refractivity contribution >= 4 is 11.6 Å². The van der Waals surface area contributed by atoms with E-state index in [1.54, 1.807) is 0 Å². The lowest BCUT2D eigenvalue weighted by atomic mass is 9.98. The van der Waals surface area contributed by atoms with Crippen LogP contribution in [0.15, 0.2) is 18.2 Å². The molecule has 0 aliphatic carbocycles. The van der Waals surface area contributed by atoms with Crippen molar-refractivity contribution in [2.75, 3.05) is 19.6 Å². The number of aromatic hydroxyl groups is 2. The van der Waals surface area contributed by atoms with Gasteiger partial charge in [-0.3, -0.25) is 14.5 Å². The molecule has 2 N–H and O–H groups in total. The number of ketones is 2. The summed E-state index contributed by atoms with van der Waals surface area (Å²) in [5, 5.41) is 18.6. The predicted molar refractivity (Wildman–Crippen MR) is 69.3 cm³/mol. The van der Waals surface area contributed by atoms with Crippen LogP contribution in [0.5, 0.6) is 11.5 Å². The summed E-state index contributed by atoms with van der Waals surface area (Å²) in [4.78, 5) is 25.4. The third-order valence-electron chi connectivity index (χ3n) is 3.42. The van der Waals surface area contributed by atoms with Crippen molar-refractivity contribution in [2.45, 2.75) is 13.3 Å². The van der Waals surface area contributed by atoms with Crippen LogP contribution in [0.4, 0.5) is 0 Å². The molecule has 5 heteroatoms. The standard InChI is InChI=1S/C14H17NO4/c1-9-7-15(5-4-11(9)16)8-14(19)10-2-3-12(17)13(18)6-10/h2-3,6,9,17-18H,4-5,7-8H2,1H3. The lowest BCUT2D eigenvalue weighted by molar-refractivity contribution is -0.125. The van der Waals surface area contributed by atoms with Gasteiger partial charge in [0.2, 0.25) is 0 Å². The Balaban J connectivity index is 2.01. The molecular formula is C14H17NO4. The van der Waals surface area contributed by atoms with Crippen molar-refractivity contribution in [3.8, 4) is 11.5 Å². The number of hydrogen-bond donors (Lipinski definition) is 2. The molecule has 0 spiro atoms. The molecule has 1 fully saturated rings. The number of phenolic OH excluding ortho intramolecular Hbond substituents is 2. The molecular weight excluding hydrogens is 246 g/mol. The zero-order chi connectivity index (χ0) is 14.0. The van der Waals surface area contributed by atoms with Gasteiger partial charge >= 0.3 is 0 Å². The van der Waals surface area contributed by atoms with E-state index in [1.807, 2.05) is 11.8 Å². The van der Waals surface area contributed by atoms with Gasteiger partial charge < -0.3 is 10.2 Å². The molecule has 1 aromatic rings. The summed E-state index contributed by atoms with van der Waals surface area (Å²) >= 11 is 0. The normalized spacial score (nSPS) is 20.5. The van der Waals surface area contributed by atoms with E-state index in [9.17, 15) is 19.8 Å². The van der Waals surface area contributed by atoms with E-state index >= 15 is 0 Å². The molecule has 1 heterocycles. The van der Waals surface area contributed by atoms with Gasteiger partial charge in [-0.25, -0.2) is 0 Å². The molecule has 1 saturated heterocycles. The van der Waals surface area contributed by atoms with Crippen LogP contribution >= 0.6 is 0 Å². The first-order valence-corrected chi connectivity index (χ1v) is 6.27. The van der Waals surface area contributed by atoms with E-state index in [1.165, 1.54) is 18.2 Å². The Labute approximate surface area is 111 Å². The van der Waals surface area contributed by atoms with Crippen LogP contribution in [-0.2, 0) is 4.79 Å². The lowest BCUT2D eigenvalue weighted by Gasteiger charge is -2.29. The van der Waals surface area contributed by atoms with Crippen LogP contribution in [0.3, 0.4) is 0 Å². The molecule has 0 aromatic heterocycles. The predicted octanol–water partition coefficient (Wildman–Crippen LogP) is 1.19. The van der Waals surface area contributed by atoms with E-state index in [-0.39, 0.29) is 35.5 Å². The van der Waals surface area contributed by atoms with Crippen LogP contribution in [0, 0.1) is 5.92 Å². The van der Waals surface area contributed by atoms with Gasteiger partial charge in [0.05, 0.1) is 6.54 Å². The molecule has 19 heavy (non-hydrogen) atoms. The summed E-state index contributed by atoms with van der Waals surface area (Å²) in [6.07, 6.45) is 0.481. The van der Waals surface area contributed by atoms with Gasteiger partial charge in [-0.1, -0.05) is 6.92 Å². The largest absolute Gasteiger partial charge is 0.504 e. The Morgan fingerprint density at radius 1 is 1.37 bits per heavy atom. The minimum Gasteiger partial charge on any atom is -0.504 e. The van der Waals surface area contributed by atoms with Crippen molar-refractivity contribution in [1.82, 2.24) is 4.90 Å². The number of Topliss-reactive ketones (excluding diaryl/α,β-unsaturated/α-hetero) is 2.